The highest BCUT2D eigenvalue weighted by Crippen LogP contribution is 2.29. The van der Waals surface area contributed by atoms with Crippen LogP contribution in [-0.4, -0.2) is 29.9 Å². The van der Waals surface area contributed by atoms with Crippen molar-refractivity contribution in [2.45, 2.75) is 58.9 Å². The molecule has 0 aromatic heterocycles. The number of ether oxygens (including phenoxy) is 2. The molecule has 2 aromatic carbocycles. The number of hydrogen-bond acceptors (Lipinski definition) is 5. The highest BCUT2D eigenvalue weighted by molar-refractivity contribution is 8.02. The molecule has 1 N–H and O–H groups in total. The van der Waals surface area contributed by atoms with Gasteiger partial charge in [0.05, 0.1) is 17.5 Å². The summed E-state index contributed by atoms with van der Waals surface area (Å²) in [5.41, 5.74) is 3.18. The standard InChI is InChI=1S/C27H35ClN2O3S/c1-3-4-5-6-7-8-14-32-26-13-12-24(16-25(26)28)33-18-27(31)29-23-11-9-10-22(15-23)17-30-20-34-19-21(30)2/h9-13,15-16,19H,3-8,14,17-18,20H2,1-2H3,(H,29,31). The summed E-state index contributed by atoms with van der Waals surface area (Å²) < 4.78 is 11.4. The first kappa shape index (κ1) is 26.3. The van der Waals surface area contributed by atoms with Crippen LogP contribution in [0.3, 0.4) is 0 Å². The van der Waals surface area contributed by atoms with Gasteiger partial charge in [-0.05, 0) is 48.6 Å². The Hall–Kier alpha value is -2.31. The number of amides is 1. The van der Waals surface area contributed by atoms with Crippen LogP contribution in [0.2, 0.25) is 5.02 Å². The van der Waals surface area contributed by atoms with Crippen molar-refractivity contribution in [3.63, 3.8) is 0 Å². The molecule has 5 nitrogen and oxygen atoms in total. The Morgan fingerprint density at radius 3 is 2.68 bits per heavy atom. The van der Waals surface area contributed by atoms with Gasteiger partial charge in [-0.2, -0.15) is 0 Å². The first-order chi connectivity index (χ1) is 16.5. The van der Waals surface area contributed by atoms with E-state index in [2.05, 4.69) is 35.5 Å². The number of hydrogen-bond donors (Lipinski definition) is 1. The van der Waals surface area contributed by atoms with E-state index >= 15 is 0 Å². The van der Waals surface area contributed by atoms with Crippen molar-refractivity contribution in [3.8, 4) is 11.5 Å². The SMILES string of the molecule is CCCCCCCCOc1ccc(OCC(=O)Nc2cccc(CN3CSC=C3C)c2)cc1Cl. The number of nitrogens with zero attached hydrogens (tertiary/aromatic N) is 1. The van der Waals surface area contributed by atoms with Crippen LogP contribution in [-0.2, 0) is 11.3 Å². The number of carbonyl (C=O) groups is 1. The lowest BCUT2D eigenvalue weighted by Gasteiger charge is -2.19. The van der Waals surface area contributed by atoms with Gasteiger partial charge in [-0.15, -0.1) is 11.8 Å². The summed E-state index contributed by atoms with van der Waals surface area (Å²) in [6, 6.07) is 13.2. The van der Waals surface area contributed by atoms with Crippen molar-refractivity contribution in [1.82, 2.24) is 4.90 Å². The average molecular weight is 503 g/mol. The Balaban J connectivity index is 1.40. The van der Waals surface area contributed by atoms with Crippen molar-refractivity contribution in [2.75, 3.05) is 24.4 Å². The quantitative estimate of drug-likeness (QED) is 0.271. The minimum Gasteiger partial charge on any atom is -0.492 e. The maximum Gasteiger partial charge on any atom is 0.262 e. The molecule has 0 spiro atoms. The van der Waals surface area contributed by atoms with Crippen LogP contribution in [0.5, 0.6) is 11.5 Å². The number of thioether (sulfide) groups is 1. The fourth-order valence-electron chi connectivity index (χ4n) is 3.66. The molecular formula is C27H35ClN2O3S. The zero-order valence-electron chi connectivity index (χ0n) is 20.1. The first-order valence-corrected chi connectivity index (χ1v) is 13.4. The highest BCUT2D eigenvalue weighted by Gasteiger charge is 2.12. The molecular weight excluding hydrogens is 468 g/mol. The number of allylic oxidation sites excluding steroid dienone is 1. The molecule has 1 amide bonds. The van der Waals surface area contributed by atoms with E-state index in [-0.39, 0.29) is 12.5 Å². The summed E-state index contributed by atoms with van der Waals surface area (Å²) in [5.74, 6) is 1.92. The van der Waals surface area contributed by atoms with Gasteiger partial charge >= 0.3 is 0 Å². The third-order valence-electron chi connectivity index (χ3n) is 5.60. The van der Waals surface area contributed by atoms with Gasteiger partial charge in [-0.3, -0.25) is 4.79 Å². The summed E-state index contributed by atoms with van der Waals surface area (Å²) in [6.45, 7) is 5.71. The van der Waals surface area contributed by atoms with E-state index in [4.69, 9.17) is 21.1 Å². The smallest absolute Gasteiger partial charge is 0.262 e. The predicted molar refractivity (Wildman–Crippen MR) is 143 cm³/mol. The first-order valence-electron chi connectivity index (χ1n) is 12.0. The van der Waals surface area contributed by atoms with Crippen molar-refractivity contribution in [1.29, 1.82) is 0 Å². The van der Waals surface area contributed by atoms with E-state index in [0.29, 0.717) is 23.1 Å². The van der Waals surface area contributed by atoms with E-state index < -0.39 is 0 Å². The normalized spacial score (nSPS) is 13.0. The number of anilines is 1. The fourth-order valence-corrected chi connectivity index (χ4v) is 4.83. The molecule has 0 fully saturated rings. The lowest BCUT2D eigenvalue weighted by Crippen LogP contribution is -2.20. The third kappa shape index (κ3) is 8.80. The van der Waals surface area contributed by atoms with Crippen LogP contribution < -0.4 is 14.8 Å². The Labute approximate surface area is 212 Å². The van der Waals surface area contributed by atoms with Gasteiger partial charge in [0.1, 0.15) is 11.5 Å². The Bertz CT molecular complexity index is 967. The molecule has 1 aliphatic rings. The molecule has 3 rings (SSSR count). The lowest BCUT2D eigenvalue weighted by atomic mass is 10.1. The molecule has 0 radical (unpaired) electrons. The molecule has 2 aromatic rings. The van der Waals surface area contributed by atoms with E-state index in [0.717, 1.165) is 30.1 Å². The van der Waals surface area contributed by atoms with Gasteiger partial charge in [0.15, 0.2) is 6.61 Å². The molecule has 184 valence electrons. The number of nitrogens with one attached hydrogen (secondary N) is 1. The van der Waals surface area contributed by atoms with Crippen molar-refractivity contribution in [3.05, 3.63) is 64.2 Å². The van der Waals surface area contributed by atoms with Gasteiger partial charge in [0.25, 0.3) is 5.91 Å². The molecule has 0 saturated heterocycles. The van der Waals surface area contributed by atoms with E-state index in [1.165, 1.54) is 37.8 Å². The van der Waals surface area contributed by atoms with Gasteiger partial charge in [-0.1, -0.05) is 62.8 Å². The van der Waals surface area contributed by atoms with Crippen LogP contribution in [0.25, 0.3) is 0 Å². The molecule has 0 bridgehead atoms. The zero-order valence-corrected chi connectivity index (χ0v) is 21.7. The van der Waals surface area contributed by atoms with Crippen LogP contribution in [0, 0.1) is 0 Å². The topological polar surface area (TPSA) is 50.8 Å². The van der Waals surface area contributed by atoms with Crippen LogP contribution in [0.15, 0.2) is 53.6 Å². The van der Waals surface area contributed by atoms with Crippen molar-refractivity contribution < 1.29 is 14.3 Å². The molecule has 7 heteroatoms. The zero-order chi connectivity index (χ0) is 24.2. The Morgan fingerprint density at radius 2 is 1.91 bits per heavy atom. The molecule has 0 aliphatic carbocycles. The van der Waals surface area contributed by atoms with Crippen LogP contribution in [0.1, 0.15) is 57.9 Å². The molecule has 1 heterocycles. The molecule has 0 unspecified atom stereocenters. The van der Waals surface area contributed by atoms with E-state index in [1.54, 1.807) is 30.0 Å². The summed E-state index contributed by atoms with van der Waals surface area (Å²) >= 11 is 8.14. The number of carbonyl (C=O) groups excluding carboxylic acids is 1. The van der Waals surface area contributed by atoms with Gasteiger partial charge in [0.2, 0.25) is 0 Å². The number of rotatable bonds is 14. The van der Waals surface area contributed by atoms with E-state index in [1.807, 2.05) is 18.2 Å². The monoisotopic (exact) mass is 502 g/mol. The van der Waals surface area contributed by atoms with Crippen molar-refractivity contribution >= 4 is 35.0 Å². The van der Waals surface area contributed by atoms with Crippen molar-refractivity contribution in [2.24, 2.45) is 0 Å². The van der Waals surface area contributed by atoms with Gasteiger partial charge in [0, 0.05) is 24.0 Å². The highest BCUT2D eigenvalue weighted by atomic mass is 35.5. The summed E-state index contributed by atoms with van der Waals surface area (Å²) in [4.78, 5) is 14.7. The predicted octanol–water partition coefficient (Wildman–Crippen LogP) is 7.46. The Morgan fingerprint density at radius 1 is 1.09 bits per heavy atom. The minimum absolute atomic E-state index is 0.0941. The second-order valence-corrected chi connectivity index (χ2v) is 9.73. The van der Waals surface area contributed by atoms with Gasteiger partial charge < -0.3 is 19.7 Å². The lowest BCUT2D eigenvalue weighted by molar-refractivity contribution is -0.118. The summed E-state index contributed by atoms with van der Waals surface area (Å²) in [7, 11) is 0. The molecule has 34 heavy (non-hydrogen) atoms. The third-order valence-corrected chi connectivity index (χ3v) is 6.86. The number of halogens is 1. The molecule has 1 aliphatic heterocycles. The fraction of sp³-hybridized carbons (Fsp3) is 0.444. The maximum absolute atomic E-state index is 12.4. The number of benzene rings is 2. The largest absolute Gasteiger partial charge is 0.492 e. The minimum atomic E-state index is -0.218. The summed E-state index contributed by atoms with van der Waals surface area (Å²) in [5, 5.41) is 5.56. The average Bonchev–Trinajstić information content (AvgIpc) is 3.22. The molecule has 0 atom stereocenters. The second-order valence-electron chi connectivity index (χ2n) is 8.50. The van der Waals surface area contributed by atoms with Crippen LogP contribution >= 0.6 is 23.4 Å². The van der Waals surface area contributed by atoms with Gasteiger partial charge in [-0.25, -0.2) is 0 Å². The Kier molecular flexibility index (Phi) is 11.0. The number of unbranched alkanes of at least 4 members (excludes halogenated alkanes) is 5. The maximum atomic E-state index is 12.4. The molecule has 0 saturated carbocycles. The van der Waals surface area contributed by atoms with E-state index in [9.17, 15) is 4.79 Å². The van der Waals surface area contributed by atoms with Crippen LogP contribution in [0.4, 0.5) is 5.69 Å². The second kappa shape index (κ2) is 14.2. The summed E-state index contributed by atoms with van der Waals surface area (Å²) in [6.07, 6.45) is 7.29.